The van der Waals surface area contributed by atoms with Crippen LogP contribution in [0.1, 0.15) is 25.3 Å². The minimum Gasteiger partial charge on any atom is -0.384 e. The summed E-state index contributed by atoms with van der Waals surface area (Å²) in [6.07, 6.45) is 3.07. The van der Waals surface area contributed by atoms with E-state index in [9.17, 15) is 4.79 Å². The minimum atomic E-state index is -0.218. The van der Waals surface area contributed by atoms with Gasteiger partial charge in [0.25, 0.3) is 0 Å². The van der Waals surface area contributed by atoms with Crippen LogP contribution in [0.2, 0.25) is 0 Å². The number of anilines is 1. The van der Waals surface area contributed by atoms with Gasteiger partial charge in [0.2, 0.25) is 5.91 Å². The third-order valence-corrected chi connectivity index (χ3v) is 3.28. The number of nitrogens with one attached hydrogen (secondary N) is 2. The molecular formula is C15H22N2O2. The zero-order valence-corrected chi connectivity index (χ0v) is 11.6. The number of para-hydroxylation sites is 1. The van der Waals surface area contributed by atoms with Crippen LogP contribution in [0.25, 0.3) is 0 Å². The van der Waals surface area contributed by atoms with Crippen molar-refractivity contribution in [1.82, 2.24) is 5.32 Å². The Morgan fingerprint density at radius 1 is 1.42 bits per heavy atom. The maximum absolute atomic E-state index is 11.9. The van der Waals surface area contributed by atoms with Gasteiger partial charge in [0, 0.05) is 18.8 Å². The van der Waals surface area contributed by atoms with Gasteiger partial charge in [0.1, 0.15) is 6.04 Å². The molecule has 2 rings (SSSR count). The Balaban J connectivity index is 1.94. The van der Waals surface area contributed by atoms with E-state index in [-0.39, 0.29) is 11.9 Å². The van der Waals surface area contributed by atoms with E-state index in [0.717, 1.165) is 24.9 Å². The van der Waals surface area contributed by atoms with E-state index in [0.29, 0.717) is 12.6 Å². The van der Waals surface area contributed by atoms with Gasteiger partial charge in [-0.2, -0.15) is 0 Å². The molecule has 0 spiro atoms. The summed E-state index contributed by atoms with van der Waals surface area (Å²) in [5.41, 5.74) is 2.19. The summed E-state index contributed by atoms with van der Waals surface area (Å²) >= 11 is 0. The number of ether oxygens (including phenoxy) is 1. The molecule has 19 heavy (non-hydrogen) atoms. The summed E-state index contributed by atoms with van der Waals surface area (Å²) < 4.78 is 5.11. The number of hydrogen-bond donors (Lipinski definition) is 2. The SMILES string of the molecule is COCCc1ccccc1NC(C)C(=O)NC1CC1. The molecule has 1 aliphatic rings. The third-order valence-electron chi connectivity index (χ3n) is 3.28. The molecule has 1 amide bonds. The first-order valence-electron chi connectivity index (χ1n) is 6.84. The first kappa shape index (κ1) is 13.9. The highest BCUT2D eigenvalue weighted by Gasteiger charge is 2.25. The van der Waals surface area contributed by atoms with E-state index in [4.69, 9.17) is 4.74 Å². The molecule has 1 aromatic rings. The fourth-order valence-corrected chi connectivity index (χ4v) is 1.94. The zero-order chi connectivity index (χ0) is 13.7. The van der Waals surface area contributed by atoms with Crippen LogP contribution in [-0.2, 0) is 16.0 Å². The van der Waals surface area contributed by atoms with Crippen LogP contribution >= 0.6 is 0 Å². The number of amides is 1. The Labute approximate surface area is 114 Å². The molecule has 1 fully saturated rings. The number of rotatable bonds is 7. The van der Waals surface area contributed by atoms with Crippen molar-refractivity contribution in [3.05, 3.63) is 29.8 Å². The predicted octanol–water partition coefficient (Wildman–Crippen LogP) is 1.95. The first-order chi connectivity index (χ1) is 9.20. The molecule has 1 unspecified atom stereocenters. The van der Waals surface area contributed by atoms with E-state index in [1.54, 1.807) is 7.11 Å². The van der Waals surface area contributed by atoms with E-state index >= 15 is 0 Å². The average Bonchev–Trinajstić information content (AvgIpc) is 3.21. The predicted molar refractivity (Wildman–Crippen MR) is 76.3 cm³/mol. The maximum atomic E-state index is 11.9. The summed E-state index contributed by atoms with van der Waals surface area (Å²) in [6, 6.07) is 8.23. The third kappa shape index (κ3) is 4.24. The number of methoxy groups -OCH3 is 1. The summed E-state index contributed by atoms with van der Waals surface area (Å²) in [5, 5.41) is 6.30. The van der Waals surface area contributed by atoms with Gasteiger partial charge in [-0.3, -0.25) is 4.79 Å². The normalized spacial score (nSPS) is 15.9. The fourth-order valence-electron chi connectivity index (χ4n) is 1.94. The van der Waals surface area contributed by atoms with Gasteiger partial charge in [-0.15, -0.1) is 0 Å². The van der Waals surface area contributed by atoms with Crippen molar-refractivity contribution in [2.75, 3.05) is 19.0 Å². The van der Waals surface area contributed by atoms with Crippen LogP contribution in [-0.4, -0.2) is 31.7 Å². The average molecular weight is 262 g/mol. The molecular weight excluding hydrogens is 240 g/mol. The summed E-state index contributed by atoms with van der Waals surface area (Å²) in [4.78, 5) is 11.9. The molecule has 0 bridgehead atoms. The lowest BCUT2D eigenvalue weighted by atomic mass is 10.1. The molecule has 4 heteroatoms. The van der Waals surface area contributed by atoms with Crippen LogP contribution < -0.4 is 10.6 Å². The van der Waals surface area contributed by atoms with Crippen molar-refractivity contribution in [3.8, 4) is 0 Å². The first-order valence-corrected chi connectivity index (χ1v) is 6.84. The van der Waals surface area contributed by atoms with Crippen LogP contribution in [0.3, 0.4) is 0 Å². The van der Waals surface area contributed by atoms with Gasteiger partial charge in [0.05, 0.1) is 6.61 Å². The molecule has 0 radical (unpaired) electrons. The second kappa shape index (κ2) is 6.57. The molecule has 0 aromatic heterocycles. The van der Waals surface area contributed by atoms with Gasteiger partial charge in [-0.25, -0.2) is 0 Å². The van der Waals surface area contributed by atoms with Crippen molar-refractivity contribution in [2.45, 2.75) is 38.3 Å². The topological polar surface area (TPSA) is 50.4 Å². The summed E-state index contributed by atoms with van der Waals surface area (Å²) in [7, 11) is 1.70. The Hall–Kier alpha value is -1.55. The van der Waals surface area contributed by atoms with Crippen LogP contribution in [0, 0.1) is 0 Å². The van der Waals surface area contributed by atoms with Gasteiger partial charge in [0.15, 0.2) is 0 Å². The van der Waals surface area contributed by atoms with Crippen molar-refractivity contribution in [3.63, 3.8) is 0 Å². The zero-order valence-electron chi connectivity index (χ0n) is 11.6. The van der Waals surface area contributed by atoms with Crippen molar-refractivity contribution >= 4 is 11.6 Å². The van der Waals surface area contributed by atoms with Crippen molar-refractivity contribution in [1.29, 1.82) is 0 Å². The highest BCUT2D eigenvalue weighted by molar-refractivity contribution is 5.84. The fraction of sp³-hybridized carbons (Fsp3) is 0.533. The molecule has 0 saturated heterocycles. The monoisotopic (exact) mass is 262 g/mol. The maximum Gasteiger partial charge on any atom is 0.242 e. The molecule has 4 nitrogen and oxygen atoms in total. The standard InChI is InChI=1S/C15H22N2O2/c1-11(15(18)17-13-7-8-13)16-14-6-4-3-5-12(14)9-10-19-2/h3-6,11,13,16H,7-10H2,1-2H3,(H,17,18). The quantitative estimate of drug-likeness (QED) is 0.789. The number of carbonyl (C=O) groups is 1. The van der Waals surface area contributed by atoms with E-state index in [1.165, 1.54) is 5.56 Å². The Morgan fingerprint density at radius 3 is 2.84 bits per heavy atom. The van der Waals surface area contributed by atoms with Crippen LogP contribution in [0.5, 0.6) is 0 Å². The lowest BCUT2D eigenvalue weighted by molar-refractivity contribution is -0.121. The van der Waals surface area contributed by atoms with E-state index in [2.05, 4.69) is 16.7 Å². The second-order valence-electron chi connectivity index (χ2n) is 5.05. The van der Waals surface area contributed by atoms with Crippen molar-refractivity contribution in [2.24, 2.45) is 0 Å². The molecule has 0 heterocycles. The van der Waals surface area contributed by atoms with E-state index in [1.807, 2.05) is 25.1 Å². The van der Waals surface area contributed by atoms with Gasteiger partial charge in [-0.05, 0) is 37.8 Å². The van der Waals surface area contributed by atoms with Crippen LogP contribution in [0.15, 0.2) is 24.3 Å². The molecule has 1 atom stereocenters. The molecule has 2 N–H and O–H groups in total. The lowest BCUT2D eigenvalue weighted by Gasteiger charge is -2.17. The highest BCUT2D eigenvalue weighted by Crippen LogP contribution is 2.20. The van der Waals surface area contributed by atoms with Crippen molar-refractivity contribution < 1.29 is 9.53 Å². The Morgan fingerprint density at radius 2 is 2.16 bits per heavy atom. The molecule has 0 aliphatic heterocycles. The Bertz CT molecular complexity index is 430. The molecule has 1 aliphatic carbocycles. The van der Waals surface area contributed by atoms with Gasteiger partial charge >= 0.3 is 0 Å². The lowest BCUT2D eigenvalue weighted by Crippen LogP contribution is -2.38. The number of hydrogen-bond acceptors (Lipinski definition) is 3. The summed E-state index contributed by atoms with van der Waals surface area (Å²) in [5.74, 6) is 0.0732. The molecule has 1 saturated carbocycles. The Kier molecular flexibility index (Phi) is 4.80. The minimum absolute atomic E-state index is 0.0732. The van der Waals surface area contributed by atoms with E-state index < -0.39 is 0 Å². The van der Waals surface area contributed by atoms with Gasteiger partial charge < -0.3 is 15.4 Å². The summed E-state index contributed by atoms with van der Waals surface area (Å²) in [6.45, 7) is 2.58. The molecule has 104 valence electrons. The van der Waals surface area contributed by atoms with Gasteiger partial charge in [-0.1, -0.05) is 18.2 Å². The largest absolute Gasteiger partial charge is 0.384 e. The number of benzene rings is 1. The highest BCUT2D eigenvalue weighted by atomic mass is 16.5. The van der Waals surface area contributed by atoms with Crippen LogP contribution in [0.4, 0.5) is 5.69 Å². The second-order valence-corrected chi connectivity index (χ2v) is 5.05. The smallest absolute Gasteiger partial charge is 0.242 e. The number of carbonyl (C=O) groups excluding carboxylic acids is 1. The molecule has 1 aromatic carbocycles.